The molecule has 154 valence electrons. The standard InChI is InChI=1S/C21H27N5O3/c1-16(2)19(17-6-4-3-5-7-17)15-23-21(27)25-12-10-24(11-13-25)18-8-9-20(22-14-18)26(28)29/h3-9,14,16,19H,10-13,15H2,1-2H3,(H,23,27). The Morgan fingerprint density at radius 1 is 1.14 bits per heavy atom. The highest BCUT2D eigenvalue weighted by molar-refractivity contribution is 5.74. The molecule has 0 aliphatic carbocycles. The molecular formula is C21H27N5O3. The number of nitrogens with one attached hydrogen (secondary N) is 1. The van der Waals surface area contributed by atoms with Crippen LogP contribution in [0.3, 0.4) is 0 Å². The van der Waals surface area contributed by atoms with Crippen LogP contribution in [0, 0.1) is 16.0 Å². The average Bonchev–Trinajstić information content (AvgIpc) is 2.74. The van der Waals surface area contributed by atoms with Crippen LogP contribution in [0.5, 0.6) is 0 Å². The van der Waals surface area contributed by atoms with E-state index in [4.69, 9.17) is 0 Å². The van der Waals surface area contributed by atoms with Gasteiger partial charge in [-0.3, -0.25) is 0 Å². The Balaban J connectivity index is 1.51. The van der Waals surface area contributed by atoms with Crippen LogP contribution in [0.15, 0.2) is 48.7 Å². The predicted molar refractivity (Wildman–Crippen MR) is 112 cm³/mol. The Kier molecular flexibility index (Phi) is 6.64. The van der Waals surface area contributed by atoms with Gasteiger partial charge in [0.2, 0.25) is 0 Å². The SMILES string of the molecule is CC(C)C(CNC(=O)N1CCN(c2ccc([N+](=O)[O-])nc2)CC1)c1ccccc1. The largest absolute Gasteiger partial charge is 0.365 e. The zero-order valence-corrected chi connectivity index (χ0v) is 16.8. The molecule has 8 nitrogen and oxygen atoms in total. The smallest absolute Gasteiger partial charge is 0.363 e. The molecule has 0 saturated carbocycles. The molecule has 1 atom stereocenters. The molecule has 1 aromatic carbocycles. The van der Waals surface area contributed by atoms with Crippen LogP contribution in [0.25, 0.3) is 0 Å². The first kappa shape index (κ1) is 20.6. The molecule has 1 aliphatic heterocycles. The summed E-state index contributed by atoms with van der Waals surface area (Å²) < 4.78 is 0. The number of anilines is 1. The fourth-order valence-corrected chi connectivity index (χ4v) is 3.59. The Morgan fingerprint density at radius 2 is 1.83 bits per heavy atom. The van der Waals surface area contributed by atoms with Gasteiger partial charge in [-0.25, -0.2) is 4.79 Å². The second-order valence-corrected chi connectivity index (χ2v) is 7.55. The predicted octanol–water partition coefficient (Wildman–Crippen LogP) is 3.26. The molecule has 1 N–H and O–H groups in total. The summed E-state index contributed by atoms with van der Waals surface area (Å²) in [5.74, 6) is 0.529. The van der Waals surface area contributed by atoms with Crippen molar-refractivity contribution in [3.8, 4) is 0 Å². The topological polar surface area (TPSA) is 91.6 Å². The fourth-order valence-electron chi connectivity index (χ4n) is 3.59. The first-order valence-electron chi connectivity index (χ1n) is 9.89. The number of carbonyl (C=O) groups is 1. The molecular weight excluding hydrogens is 370 g/mol. The van der Waals surface area contributed by atoms with Gasteiger partial charge < -0.3 is 25.2 Å². The summed E-state index contributed by atoms with van der Waals surface area (Å²) in [6.45, 7) is 7.47. The quantitative estimate of drug-likeness (QED) is 0.597. The minimum absolute atomic E-state index is 0.0481. The van der Waals surface area contributed by atoms with Crippen LogP contribution in [-0.2, 0) is 0 Å². The lowest BCUT2D eigenvalue weighted by atomic mass is 9.88. The summed E-state index contributed by atoms with van der Waals surface area (Å²) in [4.78, 5) is 30.6. The fraction of sp³-hybridized carbons (Fsp3) is 0.429. The van der Waals surface area contributed by atoms with Gasteiger partial charge in [-0.1, -0.05) is 44.2 Å². The summed E-state index contributed by atoms with van der Waals surface area (Å²) in [6, 6.07) is 13.3. The summed E-state index contributed by atoms with van der Waals surface area (Å²) in [6.07, 6.45) is 1.51. The highest BCUT2D eigenvalue weighted by atomic mass is 16.6. The molecule has 1 aliphatic rings. The normalized spacial score (nSPS) is 15.3. The van der Waals surface area contributed by atoms with E-state index in [0.29, 0.717) is 38.6 Å². The van der Waals surface area contributed by atoms with Crippen molar-refractivity contribution >= 4 is 17.5 Å². The first-order valence-corrected chi connectivity index (χ1v) is 9.89. The molecule has 0 spiro atoms. The number of pyridine rings is 1. The zero-order chi connectivity index (χ0) is 20.8. The van der Waals surface area contributed by atoms with Gasteiger partial charge in [0.25, 0.3) is 0 Å². The van der Waals surface area contributed by atoms with Crippen molar-refractivity contribution in [3.63, 3.8) is 0 Å². The summed E-state index contributed by atoms with van der Waals surface area (Å²) in [5, 5.41) is 13.8. The van der Waals surface area contributed by atoms with Crippen LogP contribution >= 0.6 is 0 Å². The summed E-state index contributed by atoms with van der Waals surface area (Å²) in [5.41, 5.74) is 2.07. The number of nitro groups is 1. The van der Waals surface area contributed by atoms with Gasteiger partial charge in [-0.15, -0.1) is 0 Å². The van der Waals surface area contributed by atoms with Gasteiger partial charge >= 0.3 is 11.8 Å². The number of rotatable bonds is 6. The lowest BCUT2D eigenvalue weighted by Crippen LogP contribution is -2.52. The summed E-state index contributed by atoms with van der Waals surface area (Å²) in [7, 11) is 0. The van der Waals surface area contributed by atoms with Gasteiger partial charge in [-0.05, 0) is 27.5 Å². The molecule has 2 amide bonds. The van der Waals surface area contributed by atoms with Crippen molar-refractivity contribution < 1.29 is 9.72 Å². The number of benzene rings is 1. The average molecular weight is 397 g/mol. The zero-order valence-electron chi connectivity index (χ0n) is 16.8. The Hall–Kier alpha value is -3.16. The van der Waals surface area contributed by atoms with Crippen LogP contribution in [0.4, 0.5) is 16.3 Å². The van der Waals surface area contributed by atoms with Crippen LogP contribution < -0.4 is 10.2 Å². The van der Waals surface area contributed by atoms with E-state index in [1.807, 2.05) is 23.1 Å². The molecule has 0 bridgehead atoms. The molecule has 0 radical (unpaired) electrons. The lowest BCUT2D eigenvalue weighted by molar-refractivity contribution is -0.389. The maximum absolute atomic E-state index is 12.6. The molecule has 1 fully saturated rings. The second-order valence-electron chi connectivity index (χ2n) is 7.55. The number of amides is 2. The van der Waals surface area contributed by atoms with E-state index in [2.05, 4.69) is 41.2 Å². The third kappa shape index (κ3) is 5.22. The molecule has 29 heavy (non-hydrogen) atoms. The van der Waals surface area contributed by atoms with E-state index in [1.54, 1.807) is 6.07 Å². The first-order chi connectivity index (χ1) is 14.0. The van der Waals surface area contributed by atoms with Crippen LogP contribution in [0.2, 0.25) is 0 Å². The van der Waals surface area contributed by atoms with Crippen molar-refractivity contribution in [1.82, 2.24) is 15.2 Å². The Bertz CT molecular complexity index is 818. The third-order valence-electron chi connectivity index (χ3n) is 5.36. The van der Waals surface area contributed by atoms with Crippen molar-refractivity contribution in [2.24, 2.45) is 5.92 Å². The number of nitrogens with zero attached hydrogens (tertiary/aromatic N) is 4. The van der Waals surface area contributed by atoms with E-state index in [1.165, 1.54) is 17.8 Å². The highest BCUT2D eigenvalue weighted by Gasteiger charge is 2.24. The van der Waals surface area contributed by atoms with E-state index >= 15 is 0 Å². The molecule has 1 aromatic heterocycles. The Labute approximate surface area is 170 Å². The monoisotopic (exact) mass is 397 g/mol. The number of carbonyl (C=O) groups excluding carboxylic acids is 1. The van der Waals surface area contributed by atoms with Crippen LogP contribution in [-0.4, -0.2) is 53.6 Å². The van der Waals surface area contributed by atoms with Gasteiger partial charge in [-0.2, -0.15) is 0 Å². The van der Waals surface area contributed by atoms with Crippen molar-refractivity contribution in [1.29, 1.82) is 0 Å². The van der Waals surface area contributed by atoms with E-state index < -0.39 is 4.92 Å². The molecule has 3 rings (SSSR count). The highest BCUT2D eigenvalue weighted by Crippen LogP contribution is 2.23. The molecule has 1 saturated heterocycles. The minimum atomic E-state index is -0.508. The number of urea groups is 1. The number of hydrogen-bond acceptors (Lipinski definition) is 5. The van der Waals surface area contributed by atoms with Crippen LogP contribution in [0.1, 0.15) is 25.3 Å². The molecule has 2 aromatic rings. The van der Waals surface area contributed by atoms with Gasteiger partial charge in [0.1, 0.15) is 0 Å². The van der Waals surface area contributed by atoms with Crippen molar-refractivity contribution in [2.75, 3.05) is 37.6 Å². The number of piperazine rings is 1. The molecule has 8 heteroatoms. The van der Waals surface area contributed by atoms with Gasteiger partial charge in [0, 0.05) is 44.7 Å². The van der Waals surface area contributed by atoms with E-state index in [0.717, 1.165) is 5.69 Å². The maximum atomic E-state index is 12.6. The van der Waals surface area contributed by atoms with Gasteiger partial charge in [0.05, 0.1) is 5.69 Å². The molecule has 2 heterocycles. The van der Waals surface area contributed by atoms with E-state index in [-0.39, 0.29) is 17.8 Å². The molecule has 1 unspecified atom stereocenters. The maximum Gasteiger partial charge on any atom is 0.363 e. The second kappa shape index (κ2) is 9.36. The Morgan fingerprint density at radius 3 is 2.38 bits per heavy atom. The van der Waals surface area contributed by atoms with Crippen molar-refractivity contribution in [3.05, 3.63) is 64.3 Å². The van der Waals surface area contributed by atoms with E-state index in [9.17, 15) is 14.9 Å². The third-order valence-corrected chi connectivity index (χ3v) is 5.36. The van der Waals surface area contributed by atoms with Crippen molar-refractivity contribution in [2.45, 2.75) is 19.8 Å². The number of aromatic nitrogens is 1. The lowest BCUT2D eigenvalue weighted by Gasteiger charge is -2.36. The minimum Gasteiger partial charge on any atom is -0.365 e. The summed E-state index contributed by atoms with van der Waals surface area (Å²) >= 11 is 0. The van der Waals surface area contributed by atoms with Gasteiger partial charge in [0.15, 0.2) is 6.20 Å². The number of hydrogen-bond donors (Lipinski definition) is 1.